The summed E-state index contributed by atoms with van der Waals surface area (Å²) in [5, 5.41) is 4.72. The molecule has 35 heavy (non-hydrogen) atoms. The number of hydrogen-bond acceptors (Lipinski definition) is 5. The summed E-state index contributed by atoms with van der Waals surface area (Å²) in [5.74, 6) is 0.234. The SMILES string of the molecule is COc1ccccc1-n1c(SCC(=O)Nc2ccc(Cl)c(Cl)c2)nc2c([nH]c3ccccc32)c1=O. The lowest BCUT2D eigenvalue weighted by Crippen LogP contribution is -2.23. The monoisotopic (exact) mass is 524 g/mol. The number of amides is 1. The quantitative estimate of drug-likeness (QED) is 0.213. The van der Waals surface area contributed by atoms with Crippen molar-refractivity contribution in [2.24, 2.45) is 0 Å². The molecule has 0 spiro atoms. The number of aromatic amines is 1. The van der Waals surface area contributed by atoms with Crippen molar-refractivity contribution >= 4 is 68.5 Å². The van der Waals surface area contributed by atoms with Gasteiger partial charge in [0.15, 0.2) is 5.16 Å². The van der Waals surface area contributed by atoms with Gasteiger partial charge in [-0.15, -0.1) is 0 Å². The molecule has 0 saturated heterocycles. The number of methoxy groups -OCH3 is 1. The van der Waals surface area contributed by atoms with E-state index in [9.17, 15) is 9.59 Å². The van der Waals surface area contributed by atoms with Crippen LogP contribution >= 0.6 is 35.0 Å². The van der Waals surface area contributed by atoms with Gasteiger partial charge in [-0.25, -0.2) is 9.55 Å². The lowest BCUT2D eigenvalue weighted by atomic mass is 10.2. The van der Waals surface area contributed by atoms with Gasteiger partial charge in [0, 0.05) is 16.6 Å². The Balaban J connectivity index is 1.57. The minimum absolute atomic E-state index is 0.00962. The van der Waals surface area contributed by atoms with E-state index in [1.165, 1.54) is 11.7 Å². The smallest absolute Gasteiger partial charge is 0.283 e. The summed E-state index contributed by atoms with van der Waals surface area (Å²) < 4.78 is 6.96. The zero-order valence-corrected chi connectivity index (χ0v) is 20.7. The second kappa shape index (κ2) is 9.65. The maximum Gasteiger partial charge on any atom is 0.283 e. The zero-order chi connectivity index (χ0) is 24.5. The fraction of sp³-hybridized carbons (Fsp3) is 0.0800. The first-order valence-corrected chi connectivity index (χ1v) is 12.2. The van der Waals surface area contributed by atoms with E-state index < -0.39 is 0 Å². The molecule has 3 aromatic carbocycles. The van der Waals surface area contributed by atoms with Crippen molar-refractivity contribution < 1.29 is 9.53 Å². The van der Waals surface area contributed by atoms with Crippen LogP contribution in [0.4, 0.5) is 5.69 Å². The molecule has 0 aliphatic heterocycles. The van der Waals surface area contributed by atoms with Crippen LogP contribution in [0.15, 0.2) is 76.7 Å². The van der Waals surface area contributed by atoms with Gasteiger partial charge in [-0.05, 0) is 36.4 Å². The number of fused-ring (bicyclic) bond motifs is 3. The molecule has 10 heteroatoms. The Kier molecular flexibility index (Phi) is 6.42. The summed E-state index contributed by atoms with van der Waals surface area (Å²) in [6.45, 7) is 0. The Bertz CT molecular complexity index is 1650. The van der Waals surface area contributed by atoms with E-state index in [4.69, 9.17) is 32.9 Å². The molecule has 0 aliphatic carbocycles. The summed E-state index contributed by atoms with van der Waals surface area (Å²) in [4.78, 5) is 34.4. The summed E-state index contributed by atoms with van der Waals surface area (Å²) >= 11 is 13.1. The van der Waals surface area contributed by atoms with Gasteiger partial charge in [0.05, 0.1) is 28.6 Å². The van der Waals surface area contributed by atoms with Gasteiger partial charge < -0.3 is 15.0 Å². The Morgan fingerprint density at radius 1 is 1.09 bits per heavy atom. The topological polar surface area (TPSA) is 89.0 Å². The molecule has 0 saturated carbocycles. The van der Waals surface area contributed by atoms with E-state index in [-0.39, 0.29) is 17.2 Å². The van der Waals surface area contributed by atoms with Crippen LogP contribution in [-0.2, 0) is 4.79 Å². The van der Waals surface area contributed by atoms with Crippen molar-refractivity contribution in [3.8, 4) is 11.4 Å². The van der Waals surface area contributed by atoms with E-state index in [2.05, 4.69) is 10.3 Å². The first kappa shape index (κ1) is 23.3. The van der Waals surface area contributed by atoms with Crippen molar-refractivity contribution in [3.63, 3.8) is 0 Å². The molecule has 2 N–H and O–H groups in total. The minimum Gasteiger partial charge on any atom is -0.495 e. The van der Waals surface area contributed by atoms with E-state index in [0.29, 0.717) is 43.4 Å². The molecule has 0 atom stereocenters. The van der Waals surface area contributed by atoms with E-state index in [0.717, 1.165) is 22.7 Å². The van der Waals surface area contributed by atoms with Gasteiger partial charge >= 0.3 is 0 Å². The average molecular weight is 525 g/mol. The molecule has 2 heterocycles. The molecule has 0 fully saturated rings. The number of hydrogen-bond donors (Lipinski definition) is 2. The van der Waals surface area contributed by atoms with E-state index >= 15 is 0 Å². The number of nitrogens with zero attached hydrogens (tertiary/aromatic N) is 2. The number of ether oxygens (including phenoxy) is 1. The zero-order valence-electron chi connectivity index (χ0n) is 18.3. The Morgan fingerprint density at radius 3 is 2.66 bits per heavy atom. The van der Waals surface area contributed by atoms with Gasteiger partial charge in [0.25, 0.3) is 5.56 Å². The number of nitrogens with one attached hydrogen (secondary N) is 2. The summed E-state index contributed by atoms with van der Waals surface area (Å²) in [7, 11) is 1.54. The van der Waals surface area contributed by atoms with Crippen LogP contribution in [0, 0.1) is 0 Å². The van der Waals surface area contributed by atoms with Crippen molar-refractivity contribution in [2.45, 2.75) is 5.16 Å². The molecule has 7 nitrogen and oxygen atoms in total. The molecule has 0 bridgehead atoms. The average Bonchev–Trinajstić information content (AvgIpc) is 3.24. The van der Waals surface area contributed by atoms with Crippen LogP contribution in [-0.4, -0.2) is 33.3 Å². The van der Waals surface area contributed by atoms with Gasteiger partial charge in [0.2, 0.25) is 5.91 Å². The van der Waals surface area contributed by atoms with E-state index in [1.54, 1.807) is 30.3 Å². The molecule has 0 aliphatic rings. The number of benzene rings is 3. The Labute approximate surface area is 214 Å². The molecule has 0 radical (unpaired) electrons. The second-order valence-electron chi connectivity index (χ2n) is 7.57. The van der Waals surface area contributed by atoms with Crippen molar-refractivity contribution in [2.75, 3.05) is 18.2 Å². The number of halogens is 2. The number of carbonyl (C=O) groups is 1. The lowest BCUT2D eigenvalue weighted by molar-refractivity contribution is -0.113. The van der Waals surface area contributed by atoms with Crippen molar-refractivity contribution in [3.05, 3.63) is 87.1 Å². The van der Waals surface area contributed by atoms with Gasteiger partial charge in [-0.3, -0.25) is 9.59 Å². The van der Waals surface area contributed by atoms with Crippen LogP contribution in [0.25, 0.3) is 27.6 Å². The van der Waals surface area contributed by atoms with Crippen LogP contribution in [0.5, 0.6) is 5.75 Å². The number of para-hydroxylation sites is 3. The summed E-state index contributed by atoms with van der Waals surface area (Å²) in [5.41, 5.74) is 2.49. The first-order valence-electron chi connectivity index (χ1n) is 10.5. The van der Waals surface area contributed by atoms with Crippen molar-refractivity contribution in [1.82, 2.24) is 14.5 Å². The highest BCUT2D eigenvalue weighted by Crippen LogP contribution is 2.30. The molecular formula is C25H18Cl2N4O3S. The van der Waals surface area contributed by atoms with Crippen LogP contribution in [0.2, 0.25) is 10.0 Å². The minimum atomic E-state index is -0.289. The molecule has 176 valence electrons. The normalized spacial score (nSPS) is 11.2. The molecule has 0 unspecified atom stereocenters. The highest BCUT2D eigenvalue weighted by Gasteiger charge is 2.20. The second-order valence-corrected chi connectivity index (χ2v) is 9.32. The first-order chi connectivity index (χ1) is 17.0. The largest absolute Gasteiger partial charge is 0.495 e. The van der Waals surface area contributed by atoms with Crippen molar-refractivity contribution in [1.29, 1.82) is 0 Å². The number of H-pyrrole nitrogens is 1. The van der Waals surface area contributed by atoms with Crippen LogP contribution < -0.4 is 15.6 Å². The highest BCUT2D eigenvalue weighted by atomic mass is 35.5. The third-order valence-corrected chi connectivity index (χ3v) is 7.03. The summed E-state index contributed by atoms with van der Waals surface area (Å²) in [6.07, 6.45) is 0. The van der Waals surface area contributed by atoms with Gasteiger partial charge in [-0.2, -0.15) is 0 Å². The van der Waals surface area contributed by atoms with Crippen LogP contribution in [0.3, 0.4) is 0 Å². The standard InChI is InChI=1S/C25H18Cl2N4O3S/c1-34-20-9-5-4-8-19(20)31-24(33)23-22(15-6-2-3-7-18(15)29-23)30-25(31)35-13-21(32)28-14-10-11-16(26)17(27)12-14/h2-12,29H,13H2,1H3,(H,28,32). The fourth-order valence-electron chi connectivity index (χ4n) is 3.77. The third-order valence-electron chi connectivity index (χ3n) is 5.36. The summed E-state index contributed by atoms with van der Waals surface area (Å²) in [6, 6.07) is 19.6. The van der Waals surface area contributed by atoms with E-state index in [1.807, 2.05) is 36.4 Å². The Hall–Kier alpha value is -3.46. The van der Waals surface area contributed by atoms with Crippen LogP contribution in [0.1, 0.15) is 0 Å². The molecule has 5 aromatic rings. The lowest BCUT2D eigenvalue weighted by Gasteiger charge is -2.15. The number of anilines is 1. The Morgan fingerprint density at radius 2 is 1.86 bits per heavy atom. The molecule has 2 aromatic heterocycles. The maximum atomic E-state index is 13.7. The predicted octanol–water partition coefficient (Wildman–Crippen LogP) is 5.91. The fourth-order valence-corrected chi connectivity index (χ4v) is 4.86. The molecule has 5 rings (SSSR count). The number of carbonyl (C=O) groups excluding carboxylic acids is 1. The predicted molar refractivity (Wildman–Crippen MR) is 142 cm³/mol. The molecule has 1 amide bonds. The van der Waals surface area contributed by atoms with Gasteiger partial charge in [-0.1, -0.05) is 65.3 Å². The third kappa shape index (κ3) is 4.48. The number of aromatic nitrogens is 3. The number of thioether (sulfide) groups is 1. The highest BCUT2D eigenvalue weighted by molar-refractivity contribution is 7.99. The number of rotatable bonds is 6. The molecular weight excluding hydrogens is 507 g/mol. The maximum absolute atomic E-state index is 13.7. The van der Waals surface area contributed by atoms with Gasteiger partial charge in [0.1, 0.15) is 16.8 Å².